The van der Waals surface area contributed by atoms with Crippen LogP contribution in [0, 0.1) is 11.7 Å². The highest BCUT2D eigenvalue weighted by atomic mass is 79.9. The number of amides is 1. The number of hydrogen-bond donors (Lipinski definition) is 0. The van der Waals surface area contributed by atoms with Gasteiger partial charge in [0.05, 0.1) is 30.7 Å². The van der Waals surface area contributed by atoms with Gasteiger partial charge in [0, 0.05) is 10.2 Å². The third-order valence-electron chi connectivity index (χ3n) is 6.37. The van der Waals surface area contributed by atoms with Crippen molar-refractivity contribution in [2.24, 2.45) is 5.92 Å². The third kappa shape index (κ3) is 4.62. The van der Waals surface area contributed by atoms with E-state index in [0.29, 0.717) is 35.3 Å². The van der Waals surface area contributed by atoms with Crippen molar-refractivity contribution >= 4 is 38.5 Å². The molecular weight excluding hydrogens is 541 g/mol. The van der Waals surface area contributed by atoms with E-state index in [0.717, 1.165) is 17.0 Å². The molecule has 2 heterocycles. The monoisotopic (exact) mass is 565 g/mol. The zero-order valence-corrected chi connectivity index (χ0v) is 22.2. The van der Waals surface area contributed by atoms with E-state index in [2.05, 4.69) is 29.8 Å². The van der Waals surface area contributed by atoms with Gasteiger partial charge in [0.15, 0.2) is 16.9 Å². The van der Waals surface area contributed by atoms with Crippen LogP contribution in [0.5, 0.6) is 11.5 Å². The van der Waals surface area contributed by atoms with Crippen molar-refractivity contribution in [2.45, 2.75) is 26.3 Å². The van der Waals surface area contributed by atoms with Crippen LogP contribution in [0.25, 0.3) is 11.0 Å². The smallest absolute Gasteiger partial charge is 0.295 e. The van der Waals surface area contributed by atoms with E-state index >= 15 is 0 Å². The summed E-state index contributed by atoms with van der Waals surface area (Å²) in [6.07, 6.45) is 0.886. The lowest BCUT2D eigenvalue weighted by molar-refractivity contribution is 0.0971. The van der Waals surface area contributed by atoms with Crippen molar-refractivity contribution in [1.82, 2.24) is 0 Å². The maximum atomic E-state index is 14.1. The molecule has 8 heteroatoms. The molecule has 1 amide bonds. The maximum Gasteiger partial charge on any atom is 0.295 e. The van der Waals surface area contributed by atoms with Gasteiger partial charge in [-0.1, -0.05) is 41.9 Å². The Kier molecular flexibility index (Phi) is 6.77. The Morgan fingerprint density at radius 1 is 1.05 bits per heavy atom. The molecule has 190 valence electrons. The van der Waals surface area contributed by atoms with E-state index in [1.807, 2.05) is 6.07 Å². The largest absolute Gasteiger partial charge is 0.493 e. The lowest BCUT2D eigenvalue weighted by atomic mass is 9.97. The number of hydrogen-bond acceptors (Lipinski definition) is 5. The van der Waals surface area contributed by atoms with Crippen LogP contribution >= 0.6 is 15.9 Å². The minimum Gasteiger partial charge on any atom is -0.493 e. The fourth-order valence-corrected chi connectivity index (χ4v) is 4.92. The number of methoxy groups -OCH3 is 1. The van der Waals surface area contributed by atoms with Crippen LogP contribution in [0.2, 0.25) is 0 Å². The molecule has 1 unspecified atom stereocenters. The van der Waals surface area contributed by atoms with Gasteiger partial charge in [0.1, 0.15) is 11.4 Å². The van der Waals surface area contributed by atoms with E-state index in [-0.39, 0.29) is 22.3 Å². The molecule has 1 aliphatic rings. The minimum atomic E-state index is -0.820. The summed E-state index contributed by atoms with van der Waals surface area (Å²) in [5.74, 6) is 0.451. The van der Waals surface area contributed by atoms with Crippen molar-refractivity contribution in [3.05, 3.63) is 98.1 Å². The van der Waals surface area contributed by atoms with Crippen LogP contribution in [0.3, 0.4) is 0 Å². The van der Waals surface area contributed by atoms with E-state index in [9.17, 15) is 14.0 Å². The molecule has 4 aromatic rings. The first-order valence-electron chi connectivity index (χ1n) is 11.9. The number of ether oxygens (including phenoxy) is 2. The Bertz CT molecular complexity index is 1560. The van der Waals surface area contributed by atoms with Crippen molar-refractivity contribution < 1.29 is 23.1 Å². The molecule has 0 N–H and O–H groups in total. The molecule has 6 nitrogen and oxygen atoms in total. The molecule has 0 saturated heterocycles. The molecule has 3 aromatic carbocycles. The van der Waals surface area contributed by atoms with Crippen LogP contribution in [0.15, 0.2) is 74.3 Å². The van der Waals surface area contributed by atoms with Crippen LogP contribution in [0.1, 0.15) is 48.0 Å². The molecule has 1 atom stereocenters. The number of rotatable bonds is 7. The third-order valence-corrected chi connectivity index (χ3v) is 6.87. The van der Waals surface area contributed by atoms with Crippen LogP contribution < -0.4 is 19.8 Å². The molecule has 0 fully saturated rings. The first kappa shape index (κ1) is 25.0. The number of carbonyl (C=O) groups is 1. The number of carbonyl (C=O) groups excluding carboxylic acids is 1. The number of fused-ring (bicyclic) bond motifs is 2. The molecule has 0 saturated carbocycles. The summed E-state index contributed by atoms with van der Waals surface area (Å²) in [5.41, 5.74) is 1.05. The van der Waals surface area contributed by atoms with Gasteiger partial charge < -0.3 is 13.9 Å². The number of anilines is 1. The predicted molar refractivity (Wildman–Crippen MR) is 143 cm³/mol. The highest BCUT2D eigenvalue weighted by Crippen LogP contribution is 2.43. The van der Waals surface area contributed by atoms with Crippen molar-refractivity contribution in [2.75, 3.05) is 18.6 Å². The highest BCUT2D eigenvalue weighted by Gasteiger charge is 2.44. The van der Waals surface area contributed by atoms with E-state index < -0.39 is 23.2 Å². The second kappa shape index (κ2) is 10.0. The topological polar surface area (TPSA) is 69.0 Å². The average molecular weight is 566 g/mol. The van der Waals surface area contributed by atoms with Crippen LogP contribution in [-0.4, -0.2) is 19.6 Å². The van der Waals surface area contributed by atoms with Gasteiger partial charge in [-0.15, -0.1) is 0 Å². The second-order valence-electron chi connectivity index (χ2n) is 9.31. The molecular formula is C29H25BrFNO5. The second-order valence-corrected chi connectivity index (χ2v) is 10.2. The summed E-state index contributed by atoms with van der Waals surface area (Å²) in [5, 5.41) is 0.0771. The number of benzene rings is 3. The Balaban J connectivity index is 1.69. The SMILES string of the molecule is COc1cc(C2c3c(oc4ccc(F)cc4c3=O)C(=O)N2c2cccc(Br)c2)ccc1OCCC(C)C. The summed E-state index contributed by atoms with van der Waals surface area (Å²) in [6, 6.07) is 15.5. The van der Waals surface area contributed by atoms with Crippen LogP contribution in [0.4, 0.5) is 10.1 Å². The molecule has 5 rings (SSSR count). The van der Waals surface area contributed by atoms with Crippen molar-refractivity contribution in [3.63, 3.8) is 0 Å². The van der Waals surface area contributed by atoms with Gasteiger partial charge in [-0.05, 0) is 66.4 Å². The summed E-state index contributed by atoms with van der Waals surface area (Å²) >= 11 is 3.46. The Morgan fingerprint density at radius 3 is 2.59 bits per heavy atom. The van der Waals surface area contributed by atoms with Crippen molar-refractivity contribution in [1.29, 1.82) is 0 Å². The molecule has 37 heavy (non-hydrogen) atoms. The van der Waals surface area contributed by atoms with E-state index in [1.54, 1.807) is 43.5 Å². The molecule has 0 bridgehead atoms. The molecule has 1 aliphatic heterocycles. The molecule has 1 aromatic heterocycles. The van der Waals surface area contributed by atoms with Gasteiger partial charge in [-0.3, -0.25) is 14.5 Å². The first-order chi connectivity index (χ1) is 17.8. The number of nitrogens with zero attached hydrogens (tertiary/aromatic N) is 1. The lowest BCUT2D eigenvalue weighted by Crippen LogP contribution is -2.29. The van der Waals surface area contributed by atoms with Gasteiger partial charge in [-0.25, -0.2) is 4.39 Å². The first-order valence-corrected chi connectivity index (χ1v) is 12.7. The minimum absolute atomic E-state index is 0.0645. The predicted octanol–water partition coefficient (Wildman–Crippen LogP) is 6.88. The highest BCUT2D eigenvalue weighted by molar-refractivity contribution is 9.10. The lowest BCUT2D eigenvalue weighted by Gasteiger charge is -2.26. The quantitative estimate of drug-likeness (QED) is 0.244. The normalized spacial score (nSPS) is 14.9. The van der Waals surface area contributed by atoms with E-state index in [4.69, 9.17) is 13.9 Å². The maximum absolute atomic E-state index is 14.1. The molecule has 0 aliphatic carbocycles. The summed E-state index contributed by atoms with van der Waals surface area (Å²) in [4.78, 5) is 28.9. The average Bonchev–Trinajstić information content (AvgIpc) is 3.17. The van der Waals surface area contributed by atoms with E-state index in [1.165, 1.54) is 17.0 Å². The summed E-state index contributed by atoms with van der Waals surface area (Å²) < 4.78 is 32.3. The van der Waals surface area contributed by atoms with Gasteiger partial charge >= 0.3 is 0 Å². The summed E-state index contributed by atoms with van der Waals surface area (Å²) in [7, 11) is 1.54. The number of halogens is 2. The molecule has 0 radical (unpaired) electrons. The Hall–Kier alpha value is -3.65. The van der Waals surface area contributed by atoms with Crippen molar-refractivity contribution in [3.8, 4) is 11.5 Å². The standard InChI is InChI=1S/C29H25BrFNO5/c1-16(2)11-12-36-23-9-7-17(13-24(23)35-3)26-25-27(33)21-15-19(31)8-10-22(21)37-28(25)29(34)32(26)20-6-4-5-18(30)14-20/h4-10,13-16,26H,11-12H2,1-3H3. The summed E-state index contributed by atoms with van der Waals surface area (Å²) in [6.45, 7) is 4.77. The zero-order valence-electron chi connectivity index (χ0n) is 20.6. The zero-order chi connectivity index (χ0) is 26.3. The fourth-order valence-electron chi connectivity index (χ4n) is 4.53. The Morgan fingerprint density at radius 2 is 1.86 bits per heavy atom. The molecule has 0 spiro atoms. The van der Waals surface area contributed by atoms with Gasteiger partial charge in [-0.2, -0.15) is 0 Å². The fraction of sp³-hybridized carbons (Fsp3) is 0.241. The Labute approximate surface area is 221 Å². The van der Waals surface area contributed by atoms with Gasteiger partial charge in [0.2, 0.25) is 5.76 Å². The van der Waals surface area contributed by atoms with Gasteiger partial charge in [0.25, 0.3) is 5.91 Å². The van der Waals surface area contributed by atoms with Crippen LogP contribution in [-0.2, 0) is 0 Å².